The molecule has 1 N–H and O–H groups in total. The lowest BCUT2D eigenvalue weighted by Gasteiger charge is -2.27. The first kappa shape index (κ1) is 18.4. The van der Waals surface area contributed by atoms with E-state index in [4.69, 9.17) is 4.74 Å². The summed E-state index contributed by atoms with van der Waals surface area (Å²) in [6.07, 6.45) is 0.664. The van der Waals surface area contributed by atoms with Gasteiger partial charge in [-0.05, 0) is 30.7 Å². The lowest BCUT2D eigenvalue weighted by molar-refractivity contribution is 0.0924. The largest absolute Gasteiger partial charge is 0.493 e. The van der Waals surface area contributed by atoms with Gasteiger partial charge in [-0.25, -0.2) is 12.7 Å². The van der Waals surface area contributed by atoms with Crippen LogP contribution in [0.4, 0.5) is 0 Å². The minimum atomic E-state index is -3.60. The fourth-order valence-electron chi connectivity index (χ4n) is 2.95. The van der Waals surface area contributed by atoms with Crippen molar-refractivity contribution in [3.05, 3.63) is 59.2 Å². The second kappa shape index (κ2) is 7.09. The second-order valence-electron chi connectivity index (χ2n) is 6.47. The number of carbonyl (C=O) groups is 1. The van der Waals surface area contributed by atoms with Gasteiger partial charge in [-0.2, -0.15) is 0 Å². The molecular weight excluding hydrogens is 352 g/mol. The third-order valence-corrected chi connectivity index (χ3v) is 6.31. The van der Waals surface area contributed by atoms with Crippen LogP contribution in [0.3, 0.4) is 0 Å². The van der Waals surface area contributed by atoms with Gasteiger partial charge in [0.2, 0.25) is 10.0 Å². The zero-order valence-corrected chi connectivity index (χ0v) is 15.8. The molecule has 0 fully saturated rings. The van der Waals surface area contributed by atoms with E-state index in [9.17, 15) is 13.2 Å². The van der Waals surface area contributed by atoms with Crippen molar-refractivity contribution in [2.75, 3.05) is 20.7 Å². The summed E-state index contributed by atoms with van der Waals surface area (Å²) < 4.78 is 31.5. The van der Waals surface area contributed by atoms with Crippen molar-refractivity contribution < 1.29 is 17.9 Å². The fraction of sp³-hybridized carbons (Fsp3) is 0.316. The van der Waals surface area contributed by atoms with E-state index in [0.717, 1.165) is 21.2 Å². The van der Waals surface area contributed by atoms with Gasteiger partial charge in [0.05, 0.1) is 17.5 Å². The van der Waals surface area contributed by atoms with Crippen LogP contribution < -0.4 is 10.1 Å². The van der Waals surface area contributed by atoms with E-state index in [-0.39, 0.29) is 16.8 Å². The molecule has 1 aliphatic heterocycles. The molecule has 0 bridgehead atoms. The van der Waals surface area contributed by atoms with Crippen molar-refractivity contribution in [2.24, 2.45) is 0 Å². The number of hydrogen-bond acceptors (Lipinski definition) is 4. The lowest BCUT2D eigenvalue weighted by Crippen LogP contribution is -2.32. The van der Waals surface area contributed by atoms with E-state index in [2.05, 4.69) is 5.32 Å². The number of nitrogens with one attached hydrogen (secondary N) is 1. The van der Waals surface area contributed by atoms with Crippen molar-refractivity contribution in [1.82, 2.24) is 9.62 Å². The summed E-state index contributed by atoms with van der Waals surface area (Å²) in [7, 11) is -0.666. The predicted molar refractivity (Wildman–Crippen MR) is 98.8 cm³/mol. The summed E-state index contributed by atoms with van der Waals surface area (Å²) in [6.45, 7) is 2.31. The zero-order valence-electron chi connectivity index (χ0n) is 15.0. The highest BCUT2D eigenvalue weighted by Crippen LogP contribution is 2.32. The summed E-state index contributed by atoms with van der Waals surface area (Å²) in [5.74, 6) is 0.477. The molecule has 138 valence electrons. The molecule has 26 heavy (non-hydrogen) atoms. The molecule has 7 heteroatoms. The molecule has 2 aromatic rings. The Labute approximate surface area is 153 Å². The molecule has 0 spiro atoms. The van der Waals surface area contributed by atoms with Crippen LogP contribution >= 0.6 is 0 Å². The first-order chi connectivity index (χ1) is 12.3. The molecule has 1 aliphatic rings. The Morgan fingerprint density at radius 3 is 2.65 bits per heavy atom. The van der Waals surface area contributed by atoms with Crippen molar-refractivity contribution >= 4 is 15.9 Å². The molecule has 1 amide bonds. The summed E-state index contributed by atoms with van der Waals surface area (Å²) in [5.41, 5.74) is 2.01. The average molecular weight is 374 g/mol. The minimum Gasteiger partial charge on any atom is -0.493 e. The van der Waals surface area contributed by atoms with Gasteiger partial charge in [0.25, 0.3) is 5.91 Å². The van der Waals surface area contributed by atoms with Crippen molar-refractivity contribution in [1.29, 1.82) is 0 Å². The van der Waals surface area contributed by atoms with Crippen molar-refractivity contribution in [3.63, 3.8) is 0 Å². The highest BCUT2D eigenvalue weighted by molar-refractivity contribution is 7.89. The number of sulfonamides is 1. The van der Waals surface area contributed by atoms with E-state index in [1.54, 1.807) is 13.0 Å². The third-order valence-electron chi connectivity index (χ3n) is 4.50. The molecular formula is C19H22N2O4S. The SMILES string of the molecule is Cc1ccc(S(=O)(=O)N(C)C)cc1C(=O)NC1CCOc2ccccc21. The topological polar surface area (TPSA) is 75.7 Å². The number of aryl methyl sites for hydroxylation is 1. The van der Waals surface area contributed by atoms with Gasteiger partial charge in [-0.15, -0.1) is 0 Å². The second-order valence-corrected chi connectivity index (χ2v) is 8.62. The molecule has 1 unspecified atom stereocenters. The van der Waals surface area contributed by atoms with E-state index in [1.165, 1.54) is 26.2 Å². The Kier molecular flexibility index (Phi) is 5.02. The highest BCUT2D eigenvalue weighted by atomic mass is 32.2. The number of nitrogens with zero attached hydrogens (tertiary/aromatic N) is 1. The van der Waals surface area contributed by atoms with Gasteiger partial charge in [0.15, 0.2) is 0 Å². The number of carbonyl (C=O) groups excluding carboxylic acids is 1. The summed E-state index contributed by atoms with van der Waals surface area (Å²) in [4.78, 5) is 12.9. The van der Waals surface area contributed by atoms with Gasteiger partial charge in [0, 0.05) is 31.6 Å². The summed E-state index contributed by atoms with van der Waals surface area (Å²) >= 11 is 0. The maximum absolute atomic E-state index is 12.8. The average Bonchev–Trinajstić information content (AvgIpc) is 2.62. The molecule has 2 aromatic carbocycles. The van der Waals surface area contributed by atoms with Crippen LogP contribution in [0.5, 0.6) is 5.75 Å². The molecule has 0 aliphatic carbocycles. The zero-order chi connectivity index (χ0) is 18.9. The normalized spacial score (nSPS) is 16.7. The molecule has 0 saturated carbocycles. The van der Waals surface area contributed by atoms with E-state index in [0.29, 0.717) is 18.6 Å². The number of amides is 1. The van der Waals surface area contributed by atoms with E-state index < -0.39 is 10.0 Å². The lowest BCUT2D eigenvalue weighted by atomic mass is 9.99. The molecule has 0 saturated heterocycles. The number of fused-ring (bicyclic) bond motifs is 1. The van der Waals surface area contributed by atoms with Crippen molar-refractivity contribution in [2.45, 2.75) is 24.3 Å². The van der Waals surface area contributed by atoms with Crippen molar-refractivity contribution in [3.8, 4) is 5.75 Å². The predicted octanol–water partition coefficient (Wildman–Crippen LogP) is 2.50. The highest BCUT2D eigenvalue weighted by Gasteiger charge is 2.25. The van der Waals surface area contributed by atoms with Gasteiger partial charge in [-0.1, -0.05) is 24.3 Å². The Balaban J connectivity index is 1.90. The van der Waals surface area contributed by atoms with Crippen LogP contribution in [0.25, 0.3) is 0 Å². The van der Waals surface area contributed by atoms with Crippen LogP contribution in [0.2, 0.25) is 0 Å². The molecule has 1 atom stereocenters. The number of ether oxygens (including phenoxy) is 1. The number of benzene rings is 2. The molecule has 3 rings (SSSR count). The Bertz CT molecular complexity index is 938. The van der Waals surface area contributed by atoms with Crippen LogP contribution in [0.15, 0.2) is 47.4 Å². The molecule has 1 heterocycles. The Morgan fingerprint density at radius 2 is 1.92 bits per heavy atom. The first-order valence-corrected chi connectivity index (χ1v) is 9.80. The quantitative estimate of drug-likeness (QED) is 0.892. The number of para-hydroxylation sites is 1. The van der Waals surface area contributed by atoms with Crippen LogP contribution in [-0.2, 0) is 10.0 Å². The molecule has 6 nitrogen and oxygen atoms in total. The van der Waals surface area contributed by atoms with Crippen LogP contribution in [0, 0.1) is 6.92 Å². The maximum atomic E-state index is 12.8. The van der Waals surface area contributed by atoms with Gasteiger partial charge in [0.1, 0.15) is 5.75 Å². The Hall–Kier alpha value is -2.38. The monoisotopic (exact) mass is 374 g/mol. The molecule has 0 aromatic heterocycles. The third kappa shape index (κ3) is 3.45. The van der Waals surface area contributed by atoms with Gasteiger partial charge < -0.3 is 10.1 Å². The fourth-order valence-corrected chi connectivity index (χ4v) is 3.87. The maximum Gasteiger partial charge on any atom is 0.252 e. The van der Waals surface area contributed by atoms with Gasteiger partial charge >= 0.3 is 0 Å². The van der Waals surface area contributed by atoms with Crippen LogP contribution in [0.1, 0.15) is 33.9 Å². The van der Waals surface area contributed by atoms with E-state index >= 15 is 0 Å². The standard InChI is InChI=1S/C19H22N2O4S/c1-13-8-9-14(26(23,24)21(2)3)12-16(13)19(22)20-17-10-11-25-18-7-5-4-6-15(17)18/h4-9,12,17H,10-11H2,1-3H3,(H,20,22). The van der Waals surface area contributed by atoms with Gasteiger partial charge in [-0.3, -0.25) is 4.79 Å². The first-order valence-electron chi connectivity index (χ1n) is 8.36. The molecule has 0 radical (unpaired) electrons. The smallest absolute Gasteiger partial charge is 0.252 e. The van der Waals surface area contributed by atoms with Crippen LogP contribution in [-0.4, -0.2) is 39.3 Å². The number of hydrogen-bond donors (Lipinski definition) is 1. The summed E-state index contributed by atoms with van der Waals surface area (Å²) in [5, 5.41) is 3.01. The Morgan fingerprint density at radius 1 is 1.19 bits per heavy atom. The summed E-state index contributed by atoms with van der Waals surface area (Å²) in [6, 6.07) is 12.0. The minimum absolute atomic E-state index is 0.102. The number of rotatable bonds is 4. The van der Waals surface area contributed by atoms with E-state index in [1.807, 2.05) is 24.3 Å².